The largest absolute Gasteiger partial charge is 0.436 e. The quantitative estimate of drug-likeness (QED) is 0.507. The number of aryl methyl sites for hydroxylation is 2. The van der Waals surface area contributed by atoms with Crippen LogP contribution >= 0.6 is 0 Å². The van der Waals surface area contributed by atoms with Crippen molar-refractivity contribution < 1.29 is 14.3 Å². The van der Waals surface area contributed by atoms with E-state index in [2.05, 4.69) is 21.4 Å². The highest BCUT2D eigenvalue weighted by molar-refractivity contribution is 6.05. The average molecular weight is 424 g/mol. The number of hydrogen-bond donors (Lipinski definition) is 2. The lowest BCUT2D eigenvalue weighted by atomic mass is 10.1. The third-order valence-electron chi connectivity index (χ3n) is 4.97. The topological polar surface area (TPSA) is 112 Å². The van der Waals surface area contributed by atoms with Crippen LogP contribution < -0.4 is 10.9 Å². The first-order valence-corrected chi connectivity index (χ1v) is 9.94. The van der Waals surface area contributed by atoms with Gasteiger partial charge in [0.15, 0.2) is 5.58 Å². The van der Waals surface area contributed by atoms with Gasteiger partial charge in [0.1, 0.15) is 5.56 Å². The number of hydrogen-bond acceptors (Lipinski definition) is 6. The van der Waals surface area contributed by atoms with Gasteiger partial charge in [0, 0.05) is 22.8 Å². The van der Waals surface area contributed by atoms with Crippen LogP contribution in [0.25, 0.3) is 11.0 Å². The van der Waals surface area contributed by atoms with Crippen molar-refractivity contribution in [2.24, 2.45) is 4.99 Å². The van der Waals surface area contributed by atoms with Gasteiger partial charge in [0.05, 0.1) is 29.6 Å². The summed E-state index contributed by atoms with van der Waals surface area (Å²) in [6, 6.07) is 17.8. The van der Waals surface area contributed by atoms with Crippen molar-refractivity contribution in [2.75, 3.05) is 5.32 Å². The summed E-state index contributed by atoms with van der Waals surface area (Å²) in [5, 5.41) is 22.2. The van der Waals surface area contributed by atoms with Gasteiger partial charge in [0.25, 0.3) is 5.91 Å². The van der Waals surface area contributed by atoms with Crippen LogP contribution in [0.15, 0.2) is 70.2 Å². The summed E-state index contributed by atoms with van der Waals surface area (Å²) in [6.45, 7) is 3.48. The second-order valence-electron chi connectivity index (χ2n) is 7.33. The maximum atomic E-state index is 13.2. The number of pyridine rings is 1. The minimum Gasteiger partial charge on any atom is -0.436 e. The lowest BCUT2D eigenvalue weighted by molar-refractivity contribution is 0.102. The first kappa shape index (κ1) is 21.0. The number of carbonyl (C=O) groups excluding carboxylic acids is 1. The number of amides is 1. The zero-order valence-corrected chi connectivity index (χ0v) is 17.6. The van der Waals surface area contributed by atoms with Crippen LogP contribution in [0.2, 0.25) is 0 Å². The summed E-state index contributed by atoms with van der Waals surface area (Å²) >= 11 is 0. The third-order valence-corrected chi connectivity index (χ3v) is 4.97. The minimum absolute atomic E-state index is 0.104. The van der Waals surface area contributed by atoms with E-state index in [0.717, 1.165) is 5.56 Å². The molecule has 1 amide bonds. The van der Waals surface area contributed by atoms with Crippen LogP contribution in [0.4, 0.5) is 11.4 Å². The zero-order chi connectivity index (χ0) is 22.7. The fourth-order valence-corrected chi connectivity index (χ4v) is 3.31. The van der Waals surface area contributed by atoms with E-state index < -0.39 is 5.91 Å². The molecule has 0 unspecified atom stereocenters. The highest BCUT2D eigenvalue weighted by Gasteiger charge is 2.16. The summed E-state index contributed by atoms with van der Waals surface area (Å²) in [6.07, 6.45) is 1.56. The standard InChI is InChI=1S/C25H20N4O3/c1-15-4-3-5-20(10-15)28-24(31)22-11-21-18(14-30)13-27-16(2)23(21)32-25(22)29-19-8-6-17(12-26)7-9-19/h3-11,13,30H,14H2,1-2H3,(H,28,31). The maximum Gasteiger partial charge on any atom is 0.261 e. The fraction of sp³-hybridized carbons (Fsp3) is 0.120. The van der Waals surface area contributed by atoms with Crippen molar-refractivity contribution in [1.29, 1.82) is 5.26 Å². The van der Waals surface area contributed by atoms with Gasteiger partial charge < -0.3 is 14.8 Å². The van der Waals surface area contributed by atoms with Crippen molar-refractivity contribution in [3.63, 3.8) is 0 Å². The number of aliphatic hydroxyl groups excluding tert-OH is 1. The van der Waals surface area contributed by atoms with Gasteiger partial charge in [-0.3, -0.25) is 9.78 Å². The van der Waals surface area contributed by atoms with Crippen LogP contribution in [-0.4, -0.2) is 16.0 Å². The molecule has 0 aliphatic carbocycles. The number of nitrogens with zero attached hydrogens (tertiary/aromatic N) is 3. The second-order valence-corrected chi connectivity index (χ2v) is 7.33. The van der Waals surface area contributed by atoms with Gasteiger partial charge in [-0.25, -0.2) is 4.99 Å². The smallest absolute Gasteiger partial charge is 0.261 e. The van der Waals surface area contributed by atoms with Crippen LogP contribution in [0, 0.1) is 25.2 Å². The maximum absolute atomic E-state index is 13.2. The molecule has 0 saturated carbocycles. The molecule has 7 heteroatoms. The van der Waals surface area contributed by atoms with E-state index in [1.807, 2.05) is 25.1 Å². The highest BCUT2D eigenvalue weighted by Crippen LogP contribution is 2.22. The van der Waals surface area contributed by atoms with Crippen molar-refractivity contribution in [3.8, 4) is 6.07 Å². The van der Waals surface area contributed by atoms with Crippen LogP contribution in [0.1, 0.15) is 32.7 Å². The molecular weight excluding hydrogens is 404 g/mol. The van der Waals surface area contributed by atoms with Crippen molar-refractivity contribution in [3.05, 3.63) is 94.3 Å². The number of aliphatic hydroxyl groups is 1. The van der Waals surface area contributed by atoms with Crippen molar-refractivity contribution in [2.45, 2.75) is 20.5 Å². The van der Waals surface area contributed by atoms with Crippen molar-refractivity contribution >= 4 is 28.3 Å². The molecule has 7 nitrogen and oxygen atoms in total. The molecule has 32 heavy (non-hydrogen) atoms. The van der Waals surface area contributed by atoms with Crippen LogP contribution in [-0.2, 0) is 6.61 Å². The molecule has 4 rings (SSSR count). The fourth-order valence-electron chi connectivity index (χ4n) is 3.31. The van der Waals surface area contributed by atoms with E-state index in [1.54, 1.807) is 49.5 Å². The number of fused-ring (bicyclic) bond motifs is 1. The SMILES string of the molecule is Cc1cccc(NC(=O)c2cc3c(CO)cnc(C)c3oc2=Nc2ccc(C#N)cc2)c1. The Kier molecular flexibility index (Phi) is 5.79. The Morgan fingerprint density at radius 3 is 2.66 bits per heavy atom. The van der Waals surface area contributed by atoms with Crippen LogP contribution in [0.3, 0.4) is 0 Å². The monoisotopic (exact) mass is 424 g/mol. The molecular formula is C25H20N4O3. The Hall–Kier alpha value is -4.28. The summed E-state index contributed by atoms with van der Waals surface area (Å²) in [5.74, 6) is -0.396. The lowest BCUT2D eigenvalue weighted by Gasteiger charge is -2.10. The van der Waals surface area contributed by atoms with Gasteiger partial charge in [-0.05, 0) is 61.9 Å². The Balaban J connectivity index is 1.91. The number of carbonyl (C=O) groups is 1. The Morgan fingerprint density at radius 2 is 1.97 bits per heavy atom. The predicted molar refractivity (Wildman–Crippen MR) is 120 cm³/mol. The normalized spacial score (nSPS) is 11.4. The average Bonchev–Trinajstić information content (AvgIpc) is 2.80. The molecule has 2 heterocycles. The molecule has 0 spiro atoms. The number of benzene rings is 2. The molecule has 0 atom stereocenters. The molecule has 158 valence electrons. The summed E-state index contributed by atoms with van der Waals surface area (Å²) in [5.41, 5.74) is 4.60. The van der Waals surface area contributed by atoms with Gasteiger partial charge in [-0.15, -0.1) is 0 Å². The Morgan fingerprint density at radius 1 is 1.19 bits per heavy atom. The van der Waals surface area contributed by atoms with Gasteiger partial charge in [-0.2, -0.15) is 5.26 Å². The Bertz CT molecular complexity index is 1430. The van der Waals surface area contributed by atoms with Crippen LogP contribution in [0.5, 0.6) is 0 Å². The molecule has 2 aromatic carbocycles. The molecule has 2 N–H and O–H groups in total. The first-order valence-electron chi connectivity index (χ1n) is 9.94. The number of nitrogens with one attached hydrogen (secondary N) is 1. The van der Waals surface area contributed by atoms with E-state index >= 15 is 0 Å². The molecule has 0 fully saturated rings. The number of nitriles is 1. The lowest BCUT2D eigenvalue weighted by Crippen LogP contribution is -2.22. The van der Waals surface area contributed by atoms with Gasteiger partial charge >= 0.3 is 0 Å². The Labute approximate surface area is 184 Å². The molecule has 2 aromatic heterocycles. The van der Waals surface area contributed by atoms with E-state index in [9.17, 15) is 9.90 Å². The highest BCUT2D eigenvalue weighted by atomic mass is 16.3. The van der Waals surface area contributed by atoms with Gasteiger partial charge in [0.2, 0.25) is 5.55 Å². The zero-order valence-electron chi connectivity index (χ0n) is 17.6. The van der Waals surface area contributed by atoms with E-state index in [1.165, 1.54) is 0 Å². The summed E-state index contributed by atoms with van der Waals surface area (Å²) in [4.78, 5) is 22.0. The summed E-state index contributed by atoms with van der Waals surface area (Å²) < 4.78 is 6.04. The molecule has 0 aliphatic rings. The second kappa shape index (κ2) is 8.84. The number of anilines is 1. The van der Waals surface area contributed by atoms with E-state index in [-0.39, 0.29) is 17.7 Å². The molecule has 0 saturated heterocycles. The first-order chi connectivity index (χ1) is 15.5. The summed E-state index contributed by atoms with van der Waals surface area (Å²) in [7, 11) is 0. The number of rotatable bonds is 4. The molecule has 0 bridgehead atoms. The van der Waals surface area contributed by atoms with Crippen molar-refractivity contribution in [1.82, 2.24) is 4.98 Å². The molecule has 0 radical (unpaired) electrons. The minimum atomic E-state index is -0.396. The number of aromatic nitrogens is 1. The van der Waals surface area contributed by atoms with E-state index in [0.29, 0.717) is 39.2 Å². The molecule has 0 aliphatic heterocycles. The van der Waals surface area contributed by atoms with Gasteiger partial charge in [-0.1, -0.05) is 12.1 Å². The molecule has 4 aromatic rings. The third kappa shape index (κ3) is 4.26. The van der Waals surface area contributed by atoms with E-state index in [4.69, 9.17) is 9.68 Å². The predicted octanol–water partition coefficient (Wildman–Crippen LogP) is 4.29.